The lowest BCUT2D eigenvalue weighted by Gasteiger charge is -2.33. The third-order valence-corrected chi connectivity index (χ3v) is 4.34. The standard InChI is InChI=1S/C20H22N2O3/c1-15-13-21-11-12-22(15)19(23)14-25-18-9-7-17(8-10-18)20(24)16-5-3-2-4-6-16/h2-10,15,21H,11-14H2,1H3/t15-/m1/s1. The maximum atomic E-state index is 12.4. The van der Waals surface area contributed by atoms with Gasteiger partial charge in [-0.1, -0.05) is 30.3 Å². The van der Waals surface area contributed by atoms with E-state index in [0.717, 1.165) is 13.1 Å². The van der Waals surface area contributed by atoms with E-state index in [0.29, 0.717) is 23.4 Å². The van der Waals surface area contributed by atoms with Crippen molar-refractivity contribution < 1.29 is 14.3 Å². The zero-order valence-corrected chi connectivity index (χ0v) is 14.3. The third kappa shape index (κ3) is 4.25. The Bertz CT molecular complexity index is 728. The summed E-state index contributed by atoms with van der Waals surface area (Å²) >= 11 is 0. The minimum atomic E-state index is -0.0298. The smallest absolute Gasteiger partial charge is 0.260 e. The van der Waals surface area contributed by atoms with Gasteiger partial charge in [-0.05, 0) is 31.2 Å². The molecule has 1 fully saturated rings. The summed E-state index contributed by atoms with van der Waals surface area (Å²) in [4.78, 5) is 26.5. The van der Waals surface area contributed by atoms with E-state index in [4.69, 9.17) is 4.74 Å². The van der Waals surface area contributed by atoms with Crippen LogP contribution in [0.4, 0.5) is 0 Å². The van der Waals surface area contributed by atoms with Gasteiger partial charge in [0, 0.05) is 36.8 Å². The normalized spacial score (nSPS) is 17.2. The first-order valence-corrected chi connectivity index (χ1v) is 8.48. The van der Waals surface area contributed by atoms with Gasteiger partial charge in [-0.3, -0.25) is 9.59 Å². The van der Waals surface area contributed by atoms with Gasteiger partial charge in [0.25, 0.3) is 5.91 Å². The molecule has 130 valence electrons. The molecule has 0 saturated carbocycles. The maximum Gasteiger partial charge on any atom is 0.260 e. The Balaban J connectivity index is 1.57. The van der Waals surface area contributed by atoms with Crippen LogP contribution in [-0.4, -0.2) is 48.9 Å². The number of ether oxygens (including phenoxy) is 1. The Hall–Kier alpha value is -2.66. The largest absolute Gasteiger partial charge is 0.484 e. The van der Waals surface area contributed by atoms with Gasteiger partial charge in [-0.25, -0.2) is 0 Å². The van der Waals surface area contributed by atoms with E-state index < -0.39 is 0 Å². The van der Waals surface area contributed by atoms with Crippen molar-refractivity contribution in [1.82, 2.24) is 10.2 Å². The topological polar surface area (TPSA) is 58.6 Å². The summed E-state index contributed by atoms with van der Waals surface area (Å²) in [5, 5.41) is 3.26. The van der Waals surface area contributed by atoms with Crippen LogP contribution in [0.15, 0.2) is 54.6 Å². The molecule has 1 saturated heterocycles. The number of nitrogens with zero attached hydrogens (tertiary/aromatic N) is 1. The molecule has 0 bridgehead atoms. The zero-order valence-electron chi connectivity index (χ0n) is 14.3. The van der Waals surface area contributed by atoms with Crippen LogP contribution < -0.4 is 10.1 Å². The molecule has 5 heteroatoms. The first-order chi connectivity index (χ1) is 12.1. The van der Waals surface area contributed by atoms with E-state index in [1.165, 1.54) is 0 Å². The molecular formula is C20H22N2O3. The van der Waals surface area contributed by atoms with Crippen LogP contribution in [0.2, 0.25) is 0 Å². The number of benzene rings is 2. The molecule has 1 aliphatic rings. The molecule has 2 aromatic rings. The quantitative estimate of drug-likeness (QED) is 0.849. The Kier molecular flexibility index (Phi) is 5.46. The first-order valence-electron chi connectivity index (χ1n) is 8.48. The molecular weight excluding hydrogens is 316 g/mol. The summed E-state index contributed by atoms with van der Waals surface area (Å²) < 4.78 is 5.59. The van der Waals surface area contributed by atoms with Crippen LogP contribution in [-0.2, 0) is 4.79 Å². The highest BCUT2D eigenvalue weighted by atomic mass is 16.5. The molecule has 0 aromatic heterocycles. The van der Waals surface area contributed by atoms with Crippen LogP contribution in [0.1, 0.15) is 22.8 Å². The predicted octanol–water partition coefficient (Wildman–Crippen LogP) is 2.12. The molecule has 1 atom stereocenters. The lowest BCUT2D eigenvalue weighted by atomic mass is 10.0. The van der Waals surface area contributed by atoms with Crippen LogP contribution in [0.25, 0.3) is 0 Å². The molecule has 0 aliphatic carbocycles. The fourth-order valence-corrected chi connectivity index (χ4v) is 2.90. The molecule has 1 N–H and O–H groups in total. The predicted molar refractivity (Wildman–Crippen MR) is 95.9 cm³/mol. The van der Waals surface area contributed by atoms with E-state index in [9.17, 15) is 9.59 Å². The number of rotatable bonds is 5. The van der Waals surface area contributed by atoms with E-state index in [1.807, 2.05) is 30.0 Å². The van der Waals surface area contributed by atoms with Gasteiger partial charge in [-0.15, -0.1) is 0 Å². The first kappa shape index (κ1) is 17.2. The highest BCUT2D eigenvalue weighted by Crippen LogP contribution is 2.16. The van der Waals surface area contributed by atoms with Crippen LogP contribution in [0.3, 0.4) is 0 Å². The second-order valence-electron chi connectivity index (χ2n) is 6.15. The number of ketones is 1. The van der Waals surface area contributed by atoms with Crippen LogP contribution >= 0.6 is 0 Å². The number of carbonyl (C=O) groups is 2. The minimum absolute atomic E-state index is 0.0102. The molecule has 0 unspecified atom stereocenters. The van der Waals surface area contributed by atoms with Crippen molar-refractivity contribution in [3.8, 4) is 5.75 Å². The number of hydrogen-bond acceptors (Lipinski definition) is 4. The molecule has 25 heavy (non-hydrogen) atoms. The van der Waals surface area contributed by atoms with Gasteiger partial charge in [0.05, 0.1) is 0 Å². The average molecular weight is 338 g/mol. The van der Waals surface area contributed by atoms with Crippen molar-refractivity contribution in [2.24, 2.45) is 0 Å². The summed E-state index contributed by atoms with van der Waals surface area (Å²) in [5.41, 5.74) is 1.25. The molecule has 1 aliphatic heterocycles. The number of nitrogens with one attached hydrogen (secondary N) is 1. The van der Waals surface area contributed by atoms with Crippen molar-refractivity contribution >= 4 is 11.7 Å². The van der Waals surface area contributed by atoms with Gasteiger partial charge in [0.15, 0.2) is 12.4 Å². The fraction of sp³-hybridized carbons (Fsp3) is 0.300. The lowest BCUT2D eigenvalue weighted by molar-refractivity contribution is -0.136. The van der Waals surface area contributed by atoms with Gasteiger partial charge < -0.3 is 15.0 Å². The highest BCUT2D eigenvalue weighted by molar-refractivity contribution is 6.08. The van der Waals surface area contributed by atoms with Gasteiger partial charge in [0.2, 0.25) is 0 Å². The molecule has 2 aromatic carbocycles. The van der Waals surface area contributed by atoms with Crippen molar-refractivity contribution in [2.75, 3.05) is 26.2 Å². The highest BCUT2D eigenvalue weighted by Gasteiger charge is 2.23. The molecule has 0 spiro atoms. The summed E-state index contributed by atoms with van der Waals surface area (Å²) in [5.74, 6) is 0.539. The minimum Gasteiger partial charge on any atom is -0.484 e. The van der Waals surface area contributed by atoms with Crippen molar-refractivity contribution in [1.29, 1.82) is 0 Å². The Morgan fingerprint density at radius 1 is 1.08 bits per heavy atom. The van der Waals surface area contributed by atoms with E-state index >= 15 is 0 Å². The number of carbonyl (C=O) groups excluding carboxylic acids is 2. The Labute approximate surface area is 147 Å². The third-order valence-electron chi connectivity index (χ3n) is 4.34. The van der Waals surface area contributed by atoms with E-state index in [1.54, 1.807) is 36.4 Å². The molecule has 1 amide bonds. The molecule has 1 heterocycles. The Morgan fingerprint density at radius 2 is 1.76 bits per heavy atom. The monoisotopic (exact) mass is 338 g/mol. The maximum absolute atomic E-state index is 12.4. The van der Waals surface area contributed by atoms with E-state index in [2.05, 4.69) is 5.32 Å². The fourth-order valence-electron chi connectivity index (χ4n) is 2.90. The van der Waals surface area contributed by atoms with Gasteiger partial charge in [0.1, 0.15) is 5.75 Å². The number of amides is 1. The second kappa shape index (κ2) is 7.94. The van der Waals surface area contributed by atoms with Gasteiger partial charge >= 0.3 is 0 Å². The van der Waals surface area contributed by atoms with Crippen LogP contribution in [0, 0.1) is 0 Å². The second-order valence-corrected chi connectivity index (χ2v) is 6.15. The van der Waals surface area contributed by atoms with E-state index in [-0.39, 0.29) is 24.3 Å². The summed E-state index contributed by atoms with van der Waals surface area (Å²) in [6.45, 7) is 4.35. The number of hydrogen-bond donors (Lipinski definition) is 1. The average Bonchev–Trinajstić information content (AvgIpc) is 2.67. The van der Waals surface area contributed by atoms with Crippen molar-refractivity contribution in [3.05, 3.63) is 65.7 Å². The van der Waals surface area contributed by atoms with Crippen LogP contribution in [0.5, 0.6) is 5.75 Å². The number of piperazine rings is 1. The molecule has 0 radical (unpaired) electrons. The van der Waals surface area contributed by atoms with Crippen molar-refractivity contribution in [3.63, 3.8) is 0 Å². The summed E-state index contributed by atoms with van der Waals surface area (Å²) in [6.07, 6.45) is 0. The molecule has 5 nitrogen and oxygen atoms in total. The summed E-state index contributed by atoms with van der Waals surface area (Å²) in [6, 6.07) is 16.2. The molecule has 3 rings (SSSR count). The zero-order chi connectivity index (χ0) is 17.6. The van der Waals surface area contributed by atoms with Gasteiger partial charge in [-0.2, -0.15) is 0 Å². The SMILES string of the molecule is C[C@@H]1CNCCN1C(=O)COc1ccc(C(=O)c2ccccc2)cc1. The van der Waals surface area contributed by atoms with Crippen molar-refractivity contribution in [2.45, 2.75) is 13.0 Å². The Morgan fingerprint density at radius 3 is 2.44 bits per heavy atom. The lowest BCUT2D eigenvalue weighted by Crippen LogP contribution is -2.53. The summed E-state index contributed by atoms with van der Waals surface area (Å²) in [7, 11) is 0.